The van der Waals surface area contributed by atoms with Crippen LogP contribution >= 0.6 is 0 Å². The summed E-state index contributed by atoms with van der Waals surface area (Å²) in [7, 11) is 1.44. The molecule has 3 unspecified atom stereocenters. The van der Waals surface area contributed by atoms with Crippen molar-refractivity contribution in [3.8, 4) is 0 Å². The molecular formula is C19H27NO3. The Morgan fingerprint density at radius 3 is 2.83 bits per heavy atom. The third-order valence-electron chi connectivity index (χ3n) is 5.45. The Bertz CT molecular complexity index is 545. The van der Waals surface area contributed by atoms with Crippen LogP contribution in [0.1, 0.15) is 55.3 Å². The average Bonchev–Trinajstić information content (AvgIpc) is 2.87. The van der Waals surface area contributed by atoms with Gasteiger partial charge in [0, 0.05) is 18.9 Å². The first-order chi connectivity index (χ1) is 11.2. The summed E-state index contributed by atoms with van der Waals surface area (Å²) in [5, 5.41) is 10.5. The monoisotopic (exact) mass is 317 g/mol. The van der Waals surface area contributed by atoms with Gasteiger partial charge in [-0.15, -0.1) is 0 Å². The number of piperidine rings is 1. The van der Waals surface area contributed by atoms with E-state index in [1.54, 1.807) is 0 Å². The van der Waals surface area contributed by atoms with E-state index in [0.717, 1.165) is 50.9 Å². The third-order valence-corrected chi connectivity index (χ3v) is 5.45. The molecule has 1 N–H and O–H groups in total. The van der Waals surface area contributed by atoms with Gasteiger partial charge in [0.25, 0.3) is 0 Å². The summed E-state index contributed by atoms with van der Waals surface area (Å²) in [5.74, 6) is 0.760. The number of methoxy groups -OCH3 is 1. The van der Waals surface area contributed by atoms with Crippen molar-refractivity contribution < 1.29 is 14.6 Å². The van der Waals surface area contributed by atoms with Crippen LogP contribution in [0.15, 0.2) is 24.3 Å². The molecule has 23 heavy (non-hydrogen) atoms. The van der Waals surface area contributed by atoms with Gasteiger partial charge in [0.2, 0.25) is 0 Å². The zero-order chi connectivity index (χ0) is 16.2. The lowest BCUT2D eigenvalue weighted by atomic mass is 9.85. The molecule has 4 heteroatoms. The zero-order valence-electron chi connectivity index (χ0n) is 13.9. The number of aliphatic hydroxyl groups is 1. The molecule has 0 radical (unpaired) electrons. The van der Waals surface area contributed by atoms with Crippen molar-refractivity contribution in [2.24, 2.45) is 5.92 Å². The van der Waals surface area contributed by atoms with Crippen molar-refractivity contribution in [3.05, 3.63) is 35.4 Å². The molecule has 0 spiro atoms. The number of aliphatic hydroxyl groups excluding tert-OH is 1. The number of benzene rings is 1. The summed E-state index contributed by atoms with van der Waals surface area (Å²) >= 11 is 0. The van der Waals surface area contributed by atoms with E-state index in [1.807, 2.05) is 6.07 Å². The summed E-state index contributed by atoms with van der Waals surface area (Å²) in [6.07, 6.45) is 4.42. The maximum Gasteiger partial charge on any atom is 0.305 e. The summed E-state index contributed by atoms with van der Waals surface area (Å²) in [5.41, 5.74) is 2.49. The number of fused-ring (bicyclic) bond motifs is 3. The number of ether oxygens (including phenoxy) is 1. The predicted octanol–water partition coefficient (Wildman–Crippen LogP) is 2.87. The maximum absolute atomic E-state index is 11.1. The molecule has 3 atom stereocenters. The number of nitrogens with zero attached hydrogens (tertiary/aromatic N) is 1. The van der Waals surface area contributed by atoms with Gasteiger partial charge in [0.1, 0.15) is 0 Å². The lowest BCUT2D eigenvalue weighted by molar-refractivity contribution is -0.140. The first-order valence-corrected chi connectivity index (χ1v) is 8.76. The summed E-state index contributed by atoms with van der Waals surface area (Å²) < 4.78 is 4.66. The van der Waals surface area contributed by atoms with Crippen LogP contribution in [-0.4, -0.2) is 42.7 Å². The standard InChI is InChI=1S/C19H27NO3/c1-23-18(21)9-3-2-6-11-20-12-10-16-17(13-20)14-7-4-5-8-15(14)19(16)22/h4-5,7-8,16-17,19,22H,2-3,6,9-13H2,1H3. The van der Waals surface area contributed by atoms with Gasteiger partial charge in [-0.3, -0.25) is 4.79 Å². The zero-order valence-corrected chi connectivity index (χ0v) is 13.9. The van der Waals surface area contributed by atoms with Crippen LogP contribution in [0.4, 0.5) is 0 Å². The molecular weight excluding hydrogens is 290 g/mol. The Morgan fingerprint density at radius 2 is 2.04 bits per heavy atom. The van der Waals surface area contributed by atoms with Crippen molar-refractivity contribution in [2.75, 3.05) is 26.7 Å². The molecule has 1 aromatic rings. The van der Waals surface area contributed by atoms with Gasteiger partial charge in [-0.2, -0.15) is 0 Å². The fraction of sp³-hybridized carbons (Fsp3) is 0.632. The lowest BCUT2D eigenvalue weighted by Gasteiger charge is -2.36. The van der Waals surface area contributed by atoms with E-state index in [1.165, 1.54) is 12.7 Å². The van der Waals surface area contributed by atoms with Crippen molar-refractivity contribution in [3.63, 3.8) is 0 Å². The summed E-state index contributed by atoms with van der Waals surface area (Å²) in [6, 6.07) is 8.37. The highest BCUT2D eigenvalue weighted by atomic mass is 16.5. The normalized spacial score (nSPS) is 26.6. The van der Waals surface area contributed by atoms with Crippen molar-refractivity contribution in [1.82, 2.24) is 4.90 Å². The molecule has 0 saturated carbocycles. The Hall–Kier alpha value is -1.39. The first-order valence-electron chi connectivity index (χ1n) is 8.76. The van der Waals surface area contributed by atoms with E-state index in [9.17, 15) is 9.90 Å². The summed E-state index contributed by atoms with van der Waals surface area (Å²) in [4.78, 5) is 13.6. The Balaban J connectivity index is 1.47. The third kappa shape index (κ3) is 3.59. The molecule has 2 aliphatic rings. The van der Waals surface area contributed by atoms with E-state index in [4.69, 9.17) is 0 Å². The Kier molecular flexibility index (Phi) is 5.34. The van der Waals surface area contributed by atoms with Gasteiger partial charge in [0.15, 0.2) is 0 Å². The number of rotatable bonds is 6. The van der Waals surface area contributed by atoms with Crippen LogP contribution in [0.5, 0.6) is 0 Å². The van der Waals surface area contributed by atoms with E-state index >= 15 is 0 Å². The molecule has 1 fully saturated rings. The number of esters is 1. The molecule has 1 aliphatic carbocycles. The highest BCUT2D eigenvalue weighted by Crippen LogP contribution is 2.48. The number of likely N-dealkylation sites (tertiary alicyclic amines) is 1. The maximum atomic E-state index is 11.1. The van der Waals surface area contributed by atoms with Crippen molar-refractivity contribution >= 4 is 5.97 Å². The minimum atomic E-state index is -0.279. The second-order valence-electron chi connectivity index (χ2n) is 6.82. The largest absolute Gasteiger partial charge is 0.469 e. The van der Waals surface area contributed by atoms with E-state index < -0.39 is 0 Å². The van der Waals surface area contributed by atoms with Crippen LogP contribution in [0, 0.1) is 5.92 Å². The van der Waals surface area contributed by atoms with Crippen LogP contribution in [0.2, 0.25) is 0 Å². The highest BCUT2D eigenvalue weighted by Gasteiger charge is 2.42. The van der Waals surface area contributed by atoms with E-state index in [2.05, 4.69) is 27.8 Å². The van der Waals surface area contributed by atoms with Gasteiger partial charge in [-0.25, -0.2) is 0 Å². The topological polar surface area (TPSA) is 49.8 Å². The van der Waals surface area contributed by atoms with E-state index in [0.29, 0.717) is 18.3 Å². The molecule has 0 aromatic heterocycles. The van der Waals surface area contributed by atoms with Gasteiger partial charge < -0.3 is 14.7 Å². The molecule has 0 bridgehead atoms. The SMILES string of the molecule is COC(=O)CCCCCN1CCC2C(O)c3ccccc3C2C1. The van der Waals surface area contributed by atoms with Crippen LogP contribution in [-0.2, 0) is 9.53 Å². The van der Waals surface area contributed by atoms with Gasteiger partial charge in [-0.1, -0.05) is 30.7 Å². The Labute approximate surface area is 138 Å². The van der Waals surface area contributed by atoms with Crippen molar-refractivity contribution in [1.29, 1.82) is 0 Å². The number of hydrogen-bond donors (Lipinski definition) is 1. The van der Waals surface area contributed by atoms with Gasteiger partial charge in [0.05, 0.1) is 13.2 Å². The molecule has 1 aromatic carbocycles. The van der Waals surface area contributed by atoms with Crippen LogP contribution in [0.3, 0.4) is 0 Å². The minimum absolute atomic E-state index is 0.109. The number of carbonyl (C=O) groups excluding carboxylic acids is 1. The molecule has 126 valence electrons. The molecule has 1 heterocycles. The van der Waals surface area contributed by atoms with Crippen LogP contribution in [0.25, 0.3) is 0 Å². The number of unbranched alkanes of at least 4 members (excludes halogenated alkanes) is 2. The second-order valence-corrected chi connectivity index (χ2v) is 6.82. The second kappa shape index (κ2) is 7.45. The molecule has 4 nitrogen and oxygen atoms in total. The fourth-order valence-electron chi connectivity index (χ4n) is 4.18. The molecule has 1 saturated heterocycles. The first kappa shape index (κ1) is 16.5. The minimum Gasteiger partial charge on any atom is -0.469 e. The molecule has 1 aliphatic heterocycles. The molecule has 3 rings (SSSR count). The van der Waals surface area contributed by atoms with Gasteiger partial charge >= 0.3 is 5.97 Å². The average molecular weight is 317 g/mol. The predicted molar refractivity (Wildman–Crippen MR) is 89.2 cm³/mol. The van der Waals surface area contributed by atoms with Gasteiger partial charge in [-0.05, 0) is 49.4 Å². The number of carbonyl (C=O) groups is 1. The summed E-state index contributed by atoms with van der Waals surface area (Å²) in [6.45, 7) is 3.21. The quantitative estimate of drug-likeness (QED) is 0.647. The Morgan fingerprint density at radius 1 is 1.26 bits per heavy atom. The van der Waals surface area contributed by atoms with Crippen LogP contribution < -0.4 is 0 Å². The van der Waals surface area contributed by atoms with Crippen molar-refractivity contribution in [2.45, 2.75) is 44.1 Å². The smallest absolute Gasteiger partial charge is 0.305 e. The fourth-order valence-corrected chi connectivity index (χ4v) is 4.18. The van der Waals surface area contributed by atoms with E-state index in [-0.39, 0.29) is 12.1 Å². The highest BCUT2D eigenvalue weighted by molar-refractivity contribution is 5.68. The number of hydrogen-bond acceptors (Lipinski definition) is 4. The lowest BCUT2D eigenvalue weighted by Crippen LogP contribution is -2.39. The molecule has 0 amide bonds.